The number of para-hydroxylation sites is 2. The molecule has 0 fully saturated rings. The van der Waals surface area contributed by atoms with Crippen molar-refractivity contribution in [3.05, 3.63) is 72.9 Å². The molecule has 0 radical (unpaired) electrons. The molecule has 0 saturated carbocycles. The van der Waals surface area contributed by atoms with Crippen LogP contribution in [-0.2, 0) is 4.79 Å². The van der Waals surface area contributed by atoms with E-state index in [1.807, 2.05) is 60.7 Å². The largest absolute Gasteiger partial charge is 0.460 e. The molecule has 1 aromatic heterocycles. The van der Waals surface area contributed by atoms with Crippen molar-refractivity contribution in [1.29, 1.82) is 0 Å². The summed E-state index contributed by atoms with van der Waals surface area (Å²) in [4.78, 5) is 12.4. The molecular weight excluding hydrogens is 302 g/mol. The summed E-state index contributed by atoms with van der Waals surface area (Å²) in [7, 11) is 0. The third-order valence-electron chi connectivity index (χ3n) is 3.52. The number of carbonyl (C=O) groups is 1. The van der Waals surface area contributed by atoms with Gasteiger partial charge in [0.05, 0.1) is 5.69 Å². The van der Waals surface area contributed by atoms with Gasteiger partial charge in [-0.15, -0.1) is 5.10 Å². The summed E-state index contributed by atoms with van der Waals surface area (Å²) in [6.45, 7) is 3.43. The smallest absolute Gasteiger partial charge is 0.268 e. The van der Waals surface area contributed by atoms with Crippen LogP contribution in [0.1, 0.15) is 13.8 Å². The van der Waals surface area contributed by atoms with Crippen molar-refractivity contribution < 1.29 is 9.53 Å². The maximum Gasteiger partial charge on any atom is 0.268 e. The molecule has 0 aliphatic rings. The minimum absolute atomic E-state index is 0.233. The van der Waals surface area contributed by atoms with Crippen LogP contribution in [0.5, 0.6) is 5.88 Å². The fourth-order valence-electron chi connectivity index (χ4n) is 2.20. The third-order valence-corrected chi connectivity index (χ3v) is 3.52. The van der Waals surface area contributed by atoms with Crippen LogP contribution in [0.15, 0.2) is 72.9 Å². The molecule has 3 aromatic rings. The number of ether oxygens (including phenoxy) is 1. The second-order valence-corrected chi connectivity index (χ2v) is 5.87. The second kappa shape index (κ2) is 6.58. The number of benzene rings is 2. The number of rotatable bonds is 5. The average Bonchev–Trinajstić information content (AvgIpc) is 3.04. The fraction of sp³-hybridized carbons (Fsp3) is 0.158. The van der Waals surface area contributed by atoms with Crippen molar-refractivity contribution in [1.82, 2.24) is 9.78 Å². The predicted molar refractivity (Wildman–Crippen MR) is 93.3 cm³/mol. The van der Waals surface area contributed by atoms with E-state index in [-0.39, 0.29) is 5.91 Å². The van der Waals surface area contributed by atoms with E-state index in [9.17, 15) is 4.79 Å². The quantitative estimate of drug-likeness (QED) is 0.780. The van der Waals surface area contributed by atoms with Crippen molar-refractivity contribution >= 4 is 11.6 Å². The molecule has 24 heavy (non-hydrogen) atoms. The van der Waals surface area contributed by atoms with Crippen molar-refractivity contribution in [2.24, 2.45) is 0 Å². The zero-order valence-electron chi connectivity index (χ0n) is 13.6. The van der Waals surface area contributed by atoms with Crippen molar-refractivity contribution in [2.45, 2.75) is 19.4 Å². The van der Waals surface area contributed by atoms with Crippen LogP contribution in [-0.4, -0.2) is 21.3 Å². The normalized spacial score (nSPS) is 11.1. The van der Waals surface area contributed by atoms with Crippen LogP contribution in [0.4, 0.5) is 5.69 Å². The van der Waals surface area contributed by atoms with Crippen LogP contribution >= 0.6 is 0 Å². The van der Waals surface area contributed by atoms with E-state index in [0.717, 1.165) is 11.4 Å². The highest BCUT2D eigenvalue weighted by Gasteiger charge is 2.31. The summed E-state index contributed by atoms with van der Waals surface area (Å²) < 4.78 is 7.50. The summed E-state index contributed by atoms with van der Waals surface area (Å²) in [6, 6.07) is 20.8. The number of hydrogen-bond donors (Lipinski definition) is 1. The lowest BCUT2D eigenvalue weighted by atomic mass is 10.1. The van der Waals surface area contributed by atoms with E-state index in [1.54, 1.807) is 30.8 Å². The molecule has 5 heteroatoms. The lowest BCUT2D eigenvalue weighted by Crippen LogP contribution is -2.42. The molecule has 0 unspecified atom stereocenters. The van der Waals surface area contributed by atoms with Gasteiger partial charge in [0, 0.05) is 18.0 Å². The van der Waals surface area contributed by atoms with Gasteiger partial charge in [-0.05, 0) is 38.1 Å². The first-order valence-electron chi connectivity index (χ1n) is 7.71. The Kier molecular flexibility index (Phi) is 4.33. The van der Waals surface area contributed by atoms with E-state index in [2.05, 4.69) is 10.4 Å². The monoisotopic (exact) mass is 321 g/mol. The van der Waals surface area contributed by atoms with Gasteiger partial charge >= 0.3 is 0 Å². The molecule has 122 valence electrons. The van der Waals surface area contributed by atoms with Gasteiger partial charge in [-0.3, -0.25) is 4.79 Å². The van der Waals surface area contributed by atoms with Crippen LogP contribution < -0.4 is 10.1 Å². The lowest BCUT2D eigenvalue weighted by molar-refractivity contribution is -0.128. The van der Waals surface area contributed by atoms with E-state index in [0.29, 0.717) is 5.88 Å². The topological polar surface area (TPSA) is 56.2 Å². The van der Waals surface area contributed by atoms with Gasteiger partial charge in [0.25, 0.3) is 5.91 Å². The number of amides is 1. The highest BCUT2D eigenvalue weighted by molar-refractivity contribution is 5.96. The molecule has 0 saturated heterocycles. The van der Waals surface area contributed by atoms with Crippen molar-refractivity contribution in [2.75, 3.05) is 5.32 Å². The summed E-state index contributed by atoms with van der Waals surface area (Å²) >= 11 is 0. The Labute approximate surface area is 140 Å². The van der Waals surface area contributed by atoms with Crippen LogP contribution in [0, 0.1) is 0 Å². The molecule has 0 aliphatic carbocycles. The van der Waals surface area contributed by atoms with Gasteiger partial charge in [-0.1, -0.05) is 36.4 Å². The Hall–Kier alpha value is -3.08. The predicted octanol–water partition coefficient (Wildman–Crippen LogP) is 3.67. The Morgan fingerprint density at radius 2 is 1.62 bits per heavy atom. The minimum Gasteiger partial charge on any atom is -0.460 e. The van der Waals surface area contributed by atoms with Gasteiger partial charge in [-0.2, -0.15) is 0 Å². The van der Waals surface area contributed by atoms with Gasteiger partial charge in [-0.25, -0.2) is 4.68 Å². The summed E-state index contributed by atoms with van der Waals surface area (Å²) in [5.41, 5.74) is 0.610. The van der Waals surface area contributed by atoms with E-state index in [1.165, 1.54) is 0 Å². The van der Waals surface area contributed by atoms with Crippen LogP contribution in [0.3, 0.4) is 0 Å². The third kappa shape index (κ3) is 3.63. The fourth-order valence-corrected chi connectivity index (χ4v) is 2.20. The van der Waals surface area contributed by atoms with E-state index >= 15 is 0 Å². The molecule has 1 heterocycles. The maximum atomic E-state index is 12.4. The van der Waals surface area contributed by atoms with Gasteiger partial charge in [0.15, 0.2) is 5.60 Å². The van der Waals surface area contributed by atoms with Gasteiger partial charge in [0.1, 0.15) is 0 Å². The summed E-state index contributed by atoms with van der Waals surface area (Å²) in [6.07, 6.45) is 1.80. The molecular formula is C19H19N3O2. The Morgan fingerprint density at radius 3 is 2.29 bits per heavy atom. The zero-order chi connectivity index (χ0) is 17.0. The summed E-state index contributed by atoms with van der Waals surface area (Å²) in [5.74, 6) is 0.162. The molecule has 1 amide bonds. The molecule has 1 N–H and O–H groups in total. The number of hydrogen-bond acceptors (Lipinski definition) is 3. The molecule has 2 aromatic carbocycles. The minimum atomic E-state index is -1.05. The molecule has 0 bridgehead atoms. The highest BCUT2D eigenvalue weighted by Crippen LogP contribution is 2.19. The Balaban J connectivity index is 1.70. The molecule has 5 nitrogen and oxygen atoms in total. The first-order chi connectivity index (χ1) is 11.5. The van der Waals surface area contributed by atoms with E-state index < -0.39 is 5.60 Å². The van der Waals surface area contributed by atoms with Gasteiger partial charge in [0.2, 0.25) is 5.88 Å². The zero-order valence-corrected chi connectivity index (χ0v) is 13.6. The molecule has 0 spiro atoms. The van der Waals surface area contributed by atoms with Crippen molar-refractivity contribution in [3.8, 4) is 11.6 Å². The van der Waals surface area contributed by atoms with Crippen LogP contribution in [0.25, 0.3) is 5.69 Å². The standard InChI is InChI=1S/C19H19N3O2/c1-19(2,18(23)20-15-9-5-3-6-10-15)24-17-13-14-22(21-17)16-11-7-4-8-12-16/h3-14H,1-2H3,(H,20,23). The molecule has 3 rings (SSSR count). The number of anilines is 1. The summed E-state index contributed by atoms with van der Waals surface area (Å²) in [5, 5.41) is 7.21. The Bertz CT molecular complexity index is 811. The number of nitrogens with zero attached hydrogens (tertiary/aromatic N) is 2. The molecule has 0 atom stereocenters. The highest BCUT2D eigenvalue weighted by atomic mass is 16.5. The van der Waals surface area contributed by atoms with Crippen molar-refractivity contribution in [3.63, 3.8) is 0 Å². The maximum absolute atomic E-state index is 12.4. The second-order valence-electron chi connectivity index (χ2n) is 5.87. The molecule has 0 aliphatic heterocycles. The van der Waals surface area contributed by atoms with E-state index in [4.69, 9.17) is 4.74 Å². The van der Waals surface area contributed by atoms with Crippen LogP contribution in [0.2, 0.25) is 0 Å². The number of aromatic nitrogens is 2. The Morgan fingerprint density at radius 1 is 1.00 bits per heavy atom. The van der Waals surface area contributed by atoms with Gasteiger partial charge < -0.3 is 10.1 Å². The first kappa shape index (κ1) is 15.8. The number of carbonyl (C=O) groups excluding carboxylic acids is 1. The average molecular weight is 321 g/mol. The number of nitrogens with one attached hydrogen (secondary N) is 1. The SMILES string of the molecule is CC(C)(Oc1ccn(-c2ccccc2)n1)C(=O)Nc1ccccc1. The lowest BCUT2D eigenvalue weighted by Gasteiger charge is -2.23. The first-order valence-corrected chi connectivity index (χ1v) is 7.71.